The van der Waals surface area contributed by atoms with E-state index < -0.39 is 0 Å². The first kappa shape index (κ1) is 8.58. The second kappa shape index (κ2) is 4.38. The predicted molar refractivity (Wildman–Crippen MR) is 43.0 cm³/mol. The van der Waals surface area contributed by atoms with Crippen molar-refractivity contribution >= 4 is 0 Å². The Bertz CT molecular complexity index is 142. The zero-order valence-corrected chi connectivity index (χ0v) is 6.88. The van der Waals surface area contributed by atoms with Gasteiger partial charge in [-0.25, -0.2) is 0 Å². The average Bonchev–Trinajstić information content (AvgIpc) is 2.06. The minimum atomic E-state index is -0.127. The van der Waals surface area contributed by atoms with Gasteiger partial charge in [0.2, 0.25) is 0 Å². The fourth-order valence-electron chi connectivity index (χ4n) is 1.09. The standard InChI is InChI=1S/C9H14O2/c1-3-8(2)11-9-6-4-5-7-10-9/h1,8-9H,4-7H2,2H3/t8-,9?/m1/s1. The molecule has 0 aromatic rings. The summed E-state index contributed by atoms with van der Waals surface area (Å²) in [4.78, 5) is 0. The van der Waals surface area contributed by atoms with E-state index in [0.717, 1.165) is 19.4 Å². The molecule has 0 aromatic carbocycles. The third kappa shape index (κ3) is 2.92. The van der Waals surface area contributed by atoms with Crippen LogP contribution in [0, 0.1) is 12.3 Å². The van der Waals surface area contributed by atoms with E-state index >= 15 is 0 Å². The highest BCUT2D eigenvalue weighted by Crippen LogP contribution is 2.14. The van der Waals surface area contributed by atoms with Crippen LogP contribution in [-0.4, -0.2) is 19.0 Å². The molecule has 2 atom stereocenters. The molecule has 1 aliphatic heterocycles. The van der Waals surface area contributed by atoms with Crippen LogP contribution in [0.1, 0.15) is 26.2 Å². The number of rotatable bonds is 2. The molecule has 2 nitrogen and oxygen atoms in total. The van der Waals surface area contributed by atoms with Crippen molar-refractivity contribution in [3.8, 4) is 12.3 Å². The molecule has 1 heterocycles. The van der Waals surface area contributed by atoms with Gasteiger partial charge in [0.05, 0.1) is 0 Å². The highest BCUT2D eigenvalue weighted by atomic mass is 16.7. The van der Waals surface area contributed by atoms with Crippen LogP contribution in [0.25, 0.3) is 0 Å². The van der Waals surface area contributed by atoms with Crippen LogP contribution in [0.5, 0.6) is 0 Å². The lowest BCUT2D eigenvalue weighted by molar-refractivity contribution is -0.173. The van der Waals surface area contributed by atoms with Crippen molar-refractivity contribution in [3.63, 3.8) is 0 Å². The molecule has 1 saturated heterocycles. The van der Waals surface area contributed by atoms with Crippen LogP contribution in [0.15, 0.2) is 0 Å². The Labute approximate surface area is 67.9 Å². The van der Waals surface area contributed by atoms with E-state index in [2.05, 4.69) is 5.92 Å². The molecule has 0 radical (unpaired) electrons. The highest BCUT2D eigenvalue weighted by molar-refractivity contribution is 4.91. The Morgan fingerprint density at radius 3 is 3.00 bits per heavy atom. The van der Waals surface area contributed by atoms with Crippen molar-refractivity contribution in [1.29, 1.82) is 0 Å². The Morgan fingerprint density at radius 2 is 2.45 bits per heavy atom. The molecule has 1 fully saturated rings. The molecular weight excluding hydrogens is 140 g/mol. The van der Waals surface area contributed by atoms with Crippen molar-refractivity contribution in [1.82, 2.24) is 0 Å². The van der Waals surface area contributed by atoms with Crippen LogP contribution < -0.4 is 0 Å². The van der Waals surface area contributed by atoms with Crippen LogP contribution in [0.3, 0.4) is 0 Å². The zero-order valence-electron chi connectivity index (χ0n) is 6.88. The van der Waals surface area contributed by atoms with E-state index in [1.54, 1.807) is 0 Å². The molecule has 11 heavy (non-hydrogen) atoms. The van der Waals surface area contributed by atoms with Gasteiger partial charge in [-0.15, -0.1) is 6.42 Å². The molecular formula is C9H14O2. The summed E-state index contributed by atoms with van der Waals surface area (Å²) in [7, 11) is 0. The first-order valence-electron chi connectivity index (χ1n) is 4.06. The molecule has 1 aliphatic rings. The minimum Gasteiger partial charge on any atom is -0.353 e. The first-order valence-corrected chi connectivity index (χ1v) is 4.06. The fourth-order valence-corrected chi connectivity index (χ4v) is 1.09. The molecule has 0 saturated carbocycles. The third-order valence-corrected chi connectivity index (χ3v) is 1.73. The fraction of sp³-hybridized carbons (Fsp3) is 0.778. The van der Waals surface area contributed by atoms with Gasteiger partial charge in [-0.1, -0.05) is 5.92 Å². The minimum absolute atomic E-state index is 0.0604. The summed E-state index contributed by atoms with van der Waals surface area (Å²) < 4.78 is 10.7. The van der Waals surface area contributed by atoms with Crippen LogP contribution in [0.2, 0.25) is 0 Å². The number of terminal acetylenes is 1. The Morgan fingerprint density at radius 1 is 1.64 bits per heavy atom. The maximum Gasteiger partial charge on any atom is 0.159 e. The normalized spacial score (nSPS) is 27.5. The van der Waals surface area contributed by atoms with Crippen LogP contribution in [0.4, 0.5) is 0 Å². The van der Waals surface area contributed by atoms with Crippen LogP contribution in [-0.2, 0) is 9.47 Å². The predicted octanol–water partition coefficient (Wildman–Crippen LogP) is 1.55. The molecule has 1 rings (SSSR count). The smallest absolute Gasteiger partial charge is 0.159 e. The number of hydrogen-bond acceptors (Lipinski definition) is 2. The second-order valence-corrected chi connectivity index (χ2v) is 2.74. The van der Waals surface area contributed by atoms with Gasteiger partial charge in [0, 0.05) is 6.61 Å². The summed E-state index contributed by atoms with van der Waals surface area (Å²) in [5.74, 6) is 2.51. The van der Waals surface area contributed by atoms with Crippen LogP contribution >= 0.6 is 0 Å². The second-order valence-electron chi connectivity index (χ2n) is 2.74. The molecule has 0 aliphatic carbocycles. The molecule has 0 aromatic heterocycles. The average molecular weight is 154 g/mol. The molecule has 1 unspecified atom stereocenters. The largest absolute Gasteiger partial charge is 0.353 e. The van der Waals surface area contributed by atoms with Crippen molar-refractivity contribution in [2.45, 2.75) is 38.6 Å². The first-order chi connectivity index (χ1) is 5.33. The van der Waals surface area contributed by atoms with Gasteiger partial charge >= 0.3 is 0 Å². The van der Waals surface area contributed by atoms with Gasteiger partial charge in [0.15, 0.2) is 6.29 Å². The van der Waals surface area contributed by atoms with Gasteiger partial charge in [0.1, 0.15) is 6.10 Å². The summed E-state index contributed by atoms with van der Waals surface area (Å²) in [5.41, 5.74) is 0. The van der Waals surface area contributed by atoms with E-state index in [9.17, 15) is 0 Å². The molecule has 0 N–H and O–H groups in total. The third-order valence-electron chi connectivity index (χ3n) is 1.73. The Hall–Kier alpha value is -0.520. The zero-order chi connectivity index (χ0) is 8.10. The lowest BCUT2D eigenvalue weighted by Gasteiger charge is -2.23. The van der Waals surface area contributed by atoms with Gasteiger partial charge in [0.25, 0.3) is 0 Å². The summed E-state index contributed by atoms with van der Waals surface area (Å²) in [6, 6.07) is 0. The summed E-state index contributed by atoms with van der Waals surface area (Å²) in [5, 5.41) is 0. The van der Waals surface area contributed by atoms with Gasteiger partial charge in [-0.3, -0.25) is 0 Å². The van der Waals surface area contributed by atoms with Crippen molar-refractivity contribution in [3.05, 3.63) is 0 Å². The SMILES string of the molecule is C#C[C@@H](C)OC1CCCCO1. The summed E-state index contributed by atoms with van der Waals surface area (Å²) >= 11 is 0. The Balaban J connectivity index is 2.20. The van der Waals surface area contributed by atoms with Crippen molar-refractivity contribution in [2.24, 2.45) is 0 Å². The van der Waals surface area contributed by atoms with Gasteiger partial charge in [-0.05, 0) is 26.2 Å². The van der Waals surface area contributed by atoms with Crippen molar-refractivity contribution < 1.29 is 9.47 Å². The molecule has 0 spiro atoms. The lowest BCUT2D eigenvalue weighted by atomic mass is 10.2. The topological polar surface area (TPSA) is 18.5 Å². The van der Waals surface area contributed by atoms with E-state index in [-0.39, 0.29) is 12.4 Å². The van der Waals surface area contributed by atoms with E-state index in [1.165, 1.54) is 6.42 Å². The molecule has 62 valence electrons. The van der Waals surface area contributed by atoms with E-state index in [0.29, 0.717) is 0 Å². The molecule has 0 amide bonds. The van der Waals surface area contributed by atoms with E-state index in [4.69, 9.17) is 15.9 Å². The van der Waals surface area contributed by atoms with Crippen molar-refractivity contribution in [2.75, 3.05) is 6.61 Å². The van der Waals surface area contributed by atoms with E-state index in [1.807, 2.05) is 6.92 Å². The lowest BCUT2D eigenvalue weighted by Crippen LogP contribution is -2.25. The van der Waals surface area contributed by atoms with Gasteiger partial charge in [-0.2, -0.15) is 0 Å². The number of ether oxygens (including phenoxy) is 2. The maximum atomic E-state index is 5.38. The monoisotopic (exact) mass is 154 g/mol. The molecule has 2 heteroatoms. The van der Waals surface area contributed by atoms with Gasteiger partial charge < -0.3 is 9.47 Å². The summed E-state index contributed by atoms with van der Waals surface area (Å²) in [6.07, 6.45) is 8.28. The maximum absolute atomic E-state index is 5.38. The number of hydrogen-bond donors (Lipinski definition) is 0. The quantitative estimate of drug-likeness (QED) is 0.562. The molecule has 0 bridgehead atoms. The summed E-state index contributed by atoms with van der Waals surface area (Å²) in [6.45, 7) is 2.67. The Kier molecular flexibility index (Phi) is 3.41. The highest BCUT2D eigenvalue weighted by Gasteiger charge is 2.15.